The molecule has 7 rings (SSSR count). The SMILES string of the molecule is CN1CCCC1COCc1cc2c(c(C(F)(F)F)c1)CN(c1cc(-c3ccc(F)cc3-c3nncn3C)cc(C3CC3)n1)C2=O. The maximum Gasteiger partial charge on any atom is 0.416 e. The number of benzene rings is 2. The molecule has 0 bridgehead atoms. The van der Waals surface area contributed by atoms with Crippen LogP contribution in [0.25, 0.3) is 22.5 Å². The Morgan fingerprint density at radius 1 is 1.00 bits per heavy atom. The molecule has 234 valence electrons. The summed E-state index contributed by atoms with van der Waals surface area (Å²) < 4.78 is 65.1. The van der Waals surface area contributed by atoms with Gasteiger partial charge >= 0.3 is 6.18 Å². The Morgan fingerprint density at radius 2 is 1.82 bits per heavy atom. The van der Waals surface area contributed by atoms with E-state index in [9.17, 15) is 22.4 Å². The number of fused-ring (bicyclic) bond motifs is 1. The number of likely N-dealkylation sites (N-methyl/N-ethyl adjacent to an activating group) is 1. The second kappa shape index (κ2) is 11.3. The van der Waals surface area contributed by atoms with Crippen molar-refractivity contribution in [3.05, 3.63) is 82.6 Å². The highest BCUT2D eigenvalue weighted by molar-refractivity contribution is 6.10. The fraction of sp³-hybridized carbons (Fsp3) is 0.394. The van der Waals surface area contributed by atoms with Gasteiger partial charge in [0, 0.05) is 35.8 Å². The van der Waals surface area contributed by atoms with Gasteiger partial charge in [-0.1, -0.05) is 6.07 Å². The first-order valence-corrected chi connectivity index (χ1v) is 15.1. The molecule has 1 amide bonds. The van der Waals surface area contributed by atoms with Crippen LogP contribution in [0.4, 0.5) is 23.4 Å². The first-order chi connectivity index (χ1) is 21.6. The fourth-order valence-electron chi connectivity index (χ4n) is 6.39. The predicted molar refractivity (Wildman–Crippen MR) is 159 cm³/mol. The predicted octanol–water partition coefficient (Wildman–Crippen LogP) is 6.35. The number of hydrogen-bond acceptors (Lipinski definition) is 6. The number of likely N-dealkylation sites (tertiary alicyclic amines) is 1. The number of aryl methyl sites for hydroxylation is 1. The number of rotatable bonds is 8. The van der Waals surface area contributed by atoms with E-state index in [0.717, 1.165) is 44.0 Å². The van der Waals surface area contributed by atoms with Crippen LogP contribution in [0.2, 0.25) is 0 Å². The van der Waals surface area contributed by atoms with Gasteiger partial charge in [0.05, 0.1) is 25.3 Å². The molecule has 2 aromatic heterocycles. The molecule has 1 saturated carbocycles. The van der Waals surface area contributed by atoms with Gasteiger partial charge in [0.25, 0.3) is 5.91 Å². The zero-order chi connectivity index (χ0) is 31.5. The van der Waals surface area contributed by atoms with Crippen molar-refractivity contribution in [1.82, 2.24) is 24.6 Å². The molecule has 3 aliphatic rings. The first-order valence-electron chi connectivity index (χ1n) is 15.1. The van der Waals surface area contributed by atoms with Gasteiger partial charge in [-0.05, 0) is 97.9 Å². The van der Waals surface area contributed by atoms with E-state index in [1.807, 2.05) is 13.1 Å². The summed E-state index contributed by atoms with van der Waals surface area (Å²) in [6.07, 6.45) is 0.739. The lowest BCUT2D eigenvalue weighted by Crippen LogP contribution is -2.29. The van der Waals surface area contributed by atoms with E-state index in [1.54, 1.807) is 23.7 Å². The average molecular weight is 621 g/mol. The molecule has 1 aliphatic carbocycles. The molecule has 8 nitrogen and oxygen atoms in total. The van der Waals surface area contributed by atoms with Crippen LogP contribution in [-0.2, 0) is 31.1 Å². The van der Waals surface area contributed by atoms with E-state index >= 15 is 0 Å². The lowest BCUT2D eigenvalue weighted by Gasteiger charge is -2.19. The largest absolute Gasteiger partial charge is 0.416 e. The first kappa shape index (κ1) is 29.5. The molecule has 2 fully saturated rings. The summed E-state index contributed by atoms with van der Waals surface area (Å²) >= 11 is 0. The minimum absolute atomic E-state index is 0.00291. The molecule has 0 spiro atoms. The quantitative estimate of drug-likeness (QED) is 0.214. The van der Waals surface area contributed by atoms with Crippen LogP contribution in [-0.4, -0.2) is 56.8 Å². The average Bonchev–Trinajstić information content (AvgIpc) is 3.52. The van der Waals surface area contributed by atoms with Gasteiger partial charge in [-0.3, -0.25) is 9.69 Å². The molecular weight excluding hydrogens is 588 g/mol. The molecule has 0 radical (unpaired) electrons. The second-order valence-corrected chi connectivity index (χ2v) is 12.2. The molecular formula is C33H32F4N6O2. The topological polar surface area (TPSA) is 76.4 Å². The molecule has 2 aromatic carbocycles. The summed E-state index contributed by atoms with van der Waals surface area (Å²) in [4.78, 5) is 22.1. The number of alkyl halides is 3. The van der Waals surface area contributed by atoms with Crippen molar-refractivity contribution in [1.29, 1.82) is 0 Å². The monoisotopic (exact) mass is 620 g/mol. The normalized spacial score (nSPS) is 18.7. The van der Waals surface area contributed by atoms with Crippen LogP contribution >= 0.6 is 0 Å². The Morgan fingerprint density at radius 3 is 2.51 bits per heavy atom. The lowest BCUT2D eigenvalue weighted by atomic mass is 9.98. The van der Waals surface area contributed by atoms with Crippen LogP contribution in [0.15, 0.2) is 48.8 Å². The summed E-state index contributed by atoms with van der Waals surface area (Å²) in [5, 5.41) is 8.09. The van der Waals surface area contributed by atoms with Gasteiger partial charge in [0.15, 0.2) is 5.82 Å². The number of hydrogen-bond donors (Lipinski definition) is 0. The van der Waals surface area contributed by atoms with Crippen LogP contribution < -0.4 is 4.90 Å². The number of carbonyl (C=O) groups is 1. The molecule has 45 heavy (non-hydrogen) atoms. The van der Waals surface area contributed by atoms with E-state index in [4.69, 9.17) is 9.72 Å². The smallest absolute Gasteiger partial charge is 0.375 e. The number of anilines is 1. The van der Waals surface area contributed by atoms with Crippen molar-refractivity contribution in [3.63, 3.8) is 0 Å². The van der Waals surface area contributed by atoms with E-state index in [-0.39, 0.29) is 42.1 Å². The van der Waals surface area contributed by atoms with E-state index in [0.29, 0.717) is 34.7 Å². The zero-order valence-corrected chi connectivity index (χ0v) is 24.9. The third kappa shape index (κ3) is 5.72. The number of aromatic nitrogens is 4. The van der Waals surface area contributed by atoms with Crippen molar-refractivity contribution < 1.29 is 27.1 Å². The molecule has 4 heterocycles. The maximum absolute atomic E-state index is 14.4. The minimum Gasteiger partial charge on any atom is -0.375 e. The van der Waals surface area contributed by atoms with Crippen LogP contribution in [0, 0.1) is 5.82 Å². The highest BCUT2D eigenvalue weighted by atomic mass is 19.4. The van der Waals surface area contributed by atoms with Crippen LogP contribution in [0.3, 0.4) is 0 Å². The van der Waals surface area contributed by atoms with Gasteiger partial charge in [-0.15, -0.1) is 10.2 Å². The summed E-state index contributed by atoms with van der Waals surface area (Å²) in [6, 6.07) is 10.8. The summed E-state index contributed by atoms with van der Waals surface area (Å²) in [5.41, 5.74) is 1.93. The Bertz CT molecular complexity index is 1780. The van der Waals surface area contributed by atoms with Gasteiger partial charge in [0.2, 0.25) is 0 Å². The Balaban J connectivity index is 1.25. The number of nitrogens with zero attached hydrogens (tertiary/aromatic N) is 6. The molecule has 2 aliphatic heterocycles. The molecule has 1 saturated heterocycles. The summed E-state index contributed by atoms with van der Waals surface area (Å²) in [5.74, 6) is -0.125. The van der Waals surface area contributed by atoms with Crippen molar-refractivity contribution in [3.8, 4) is 22.5 Å². The van der Waals surface area contributed by atoms with Crippen molar-refractivity contribution >= 4 is 11.7 Å². The minimum atomic E-state index is -4.66. The molecule has 4 aromatic rings. The number of ether oxygens (including phenoxy) is 1. The van der Waals surface area contributed by atoms with E-state index < -0.39 is 23.5 Å². The Hall–Kier alpha value is -4.16. The molecule has 0 N–H and O–H groups in total. The van der Waals surface area contributed by atoms with Crippen molar-refractivity contribution in [2.75, 3.05) is 25.1 Å². The van der Waals surface area contributed by atoms with Crippen LogP contribution in [0.1, 0.15) is 64.3 Å². The van der Waals surface area contributed by atoms with Gasteiger partial charge < -0.3 is 14.2 Å². The number of pyridine rings is 1. The molecule has 1 atom stereocenters. The third-order valence-corrected chi connectivity index (χ3v) is 9.01. The molecule has 1 unspecified atom stereocenters. The zero-order valence-electron chi connectivity index (χ0n) is 24.9. The van der Waals surface area contributed by atoms with E-state index in [1.165, 1.54) is 29.4 Å². The van der Waals surface area contributed by atoms with Gasteiger partial charge in [-0.2, -0.15) is 13.2 Å². The number of carbonyl (C=O) groups excluding carboxylic acids is 1. The standard InChI is InChI=1S/C33H32F4N6O2/c1-41-9-3-4-23(41)17-45-16-19-10-26-27(28(11-19)33(35,36)37)15-43(32(26)44)30-13-21(12-29(39-30)20-5-6-20)24-8-7-22(34)14-25(24)31-40-38-18-42(31)2/h7-8,10-14,18,20,23H,3-6,9,15-17H2,1-2H3. The summed E-state index contributed by atoms with van der Waals surface area (Å²) in [6.45, 7) is 1.09. The fourth-order valence-corrected chi connectivity index (χ4v) is 6.39. The van der Waals surface area contributed by atoms with Crippen LogP contribution in [0.5, 0.6) is 0 Å². The third-order valence-electron chi connectivity index (χ3n) is 9.01. The van der Waals surface area contributed by atoms with Gasteiger partial charge in [0.1, 0.15) is 18.0 Å². The second-order valence-electron chi connectivity index (χ2n) is 12.2. The number of amides is 1. The van der Waals surface area contributed by atoms with Gasteiger partial charge in [-0.25, -0.2) is 9.37 Å². The molecule has 12 heteroatoms. The maximum atomic E-state index is 14.4. The van der Waals surface area contributed by atoms with E-state index in [2.05, 4.69) is 15.1 Å². The highest BCUT2D eigenvalue weighted by Gasteiger charge is 2.41. The highest BCUT2D eigenvalue weighted by Crippen LogP contribution is 2.44. The lowest BCUT2D eigenvalue weighted by molar-refractivity contribution is -0.138. The number of halogens is 4. The Kier molecular flexibility index (Phi) is 7.44. The Labute approximate surface area is 257 Å². The summed E-state index contributed by atoms with van der Waals surface area (Å²) in [7, 11) is 3.76. The van der Waals surface area contributed by atoms with Crippen molar-refractivity contribution in [2.24, 2.45) is 7.05 Å². The van der Waals surface area contributed by atoms with Crippen molar-refractivity contribution in [2.45, 2.75) is 57.0 Å².